The molecule has 0 radical (unpaired) electrons. The Balaban J connectivity index is 2.26. The summed E-state index contributed by atoms with van der Waals surface area (Å²) in [6.07, 6.45) is 0. The lowest BCUT2D eigenvalue weighted by Crippen LogP contribution is -2.37. The SMILES string of the molecule is COC(=O)c1ccc(Cl)c(N(CC(=O)Nc2ccccc2F)C(C)=O)c1. The van der Waals surface area contributed by atoms with Crippen molar-refractivity contribution in [3.05, 3.63) is 58.9 Å². The van der Waals surface area contributed by atoms with E-state index in [0.29, 0.717) is 0 Å². The summed E-state index contributed by atoms with van der Waals surface area (Å²) >= 11 is 6.11. The van der Waals surface area contributed by atoms with Crippen molar-refractivity contribution in [2.24, 2.45) is 0 Å². The zero-order valence-corrected chi connectivity index (χ0v) is 14.8. The highest BCUT2D eigenvalue weighted by atomic mass is 35.5. The predicted octanol–water partition coefficient (Wildman–Crippen LogP) is 3.26. The van der Waals surface area contributed by atoms with Crippen LogP contribution < -0.4 is 10.2 Å². The molecule has 0 atom stereocenters. The number of esters is 1. The first kappa shape index (κ1) is 19.4. The van der Waals surface area contributed by atoms with E-state index in [9.17, 15) is 18.8 Å². The highest BCUT2D eigenvalue weighted by Gasteiger charge is 2.21. The van der Waals surface area contributed by atoms with Gasteiger partial charge in [-0.3, -0.25) is 9.59 Å². The summed E-state index contributed by atoms with van der Waals surface area (Å²) < 4.78 is 18.3. The van der Waals surface area contributed by atoms with Gasteiger partial charge in [0.15, 0.2) is 0 Å². The number of carbonyl (C=O) groups excluding carboxylic acids is 3. The average Bonchev–Trinajstić information content (AvgIpc) is 2.61. The monoisotopic (exact) mass is 378 g/mol. The number of methoxy groups -OCH3 is 1. The molecule has 0 heterocycles. The quantitative estimate of drug-likeness (QED) is 0.810. The number of rotatable bonds is 5. The molecule has 2 aromatic rings. The number of amides is 2. The number of para-hydroxylation sites is 1. The Morgan fingerprint density at radius 1 is 1.19 bits per heavy atom. The van der Waals surface area contributed by atoms with Crippen LogP contribution in [0.2, 0.25) is 5.02 Å². The summed E-state index contributed by atoms with van der Waals surface area (Å²) in [5, 5.41) is 2.56. The third kappa shape index (κ3) is 4.58. The molecule has 1 N–H and O–H groups in total. The normalized spacial score (nSPS) is 10.2. The molecule has 8 heteroatoms. The maximum atomic E-state index is 13.6. The minimum absolute atomic E-state index is 0.00425. The molecule has 2 rings (SSSR count). The number of ether oxygens (including phenoxy) is 1. The van der Waals surface area contributed by atoms with Crippen LogP contribution in [-0.4, -0.2) is 31.4 Å². The van der Waals surface area contributed by atoms with Crippen molar-refractivity contribution in [3.8, 4) is 0 Å². The van der Waals surface area contributed by atoms with Crippen molar-refractivity contribution in [2.75, 3.05) is 23.9 Å². The molecular weight excluding hydrogens is 363 g/mol. The van der Waals surface area contributed by atoms with Crippen molar-refractivity contribution >= 4 is 40.8 Å². The van der Waals surface area contributed by atoms with Crippen LogP contribution >= 0.6 is 11.6 Å². The topological polar surface area (TPSA) is 75.7 Å². The number of anilines is 2. The first-order valence-corrected chi connectivity index (χ1v) is 7.91. The second kappa shape index (κ2) is 8.44. The predicted molar refractivity (Wildman–Crippen MR) is 95.8 cm³/mol. The maximum Gasteiger partial charge on any atom is 0.337 e. The fourth-order valence-electron chi connectivity index (χ4n) is 2.23. The van der Waals surface area contributed by atoms with E-state index in [1.807, 2.05) is 0 Å². The van der Waals surface area contributed by atoms with Crippen LogP contribution in [0.15, 0.2) is 42.5 Å². The molecular formula is C18H16ClFN2O4. The van der Waals surface area contributed by atoms with Gasteiger partial charge in [0.25, 0.3) is 0 Å². The van der Waals surface area contributed by atoms with Gasteiger partial charge in [-0.15, -0.1) is 0 Å². The van der Waals surface area contributed by atoms with Gasteiger partial charge >= 0.3 is 5.97 Å². The molecule has 136 valence electrons. The molecule has 0 aliphatic heterocycles. The lowest BCUT2D eigenvalue weighted by atomic mass is 10.2. The molecule has 2 aromatic carbocycles. The number of hydrogen-bond donors (Lipinski definition) is 1. The Hall–Kier alpha value is -2.93. The van der Waals surface area contributed by atoms with Gasteiger partial charge in [0, 0.05) is 6.92 Å². The Kier molecular flexibility index (Phi) is 6.30. The zero-order chi connectivity index (χ0) is 19.3. The van der Waals surface area contributed by atoms with Gasteiger partial charge in [0.1, 0.15) is 12.4 Å². The van der Waals surface area contributed by atoms with Crippen molar-refractivity contribution in [2.45, 2.75) is 6.92 Å². The first-order chi connectivity index (χ1) is 12.3. The molecule has 2 amide bonds. The molecule has 0 saturated heterocycles. The van der Waals surface area contributed by atoms with E-state index >= 15 is 0 Å². The minimum atomic E-state index is -0.621. The number of nitrogens with zero attached hydrogens (tertiary/aromatic N) is 1. The Labute approximate surface area is 154 Å². The van der Waals surface area contributed by atoms with Crippen LogP contribution in [0.1, 0.15) is 17.3 Å². The second-order valence-corrected chi connectivity index (χ2v) is 5.70. The van der Waals surface area contributed by atoms with Gasteiger partial charge in [0.2, 0.25) is 11.8 Å². The summed E-state index contributed by atoms with van der Waals surface area (Å²) in [4.78, 5) is 37.0. The van der Waals surface area contributed by atoms with Gasteiger partial charge < -0.3 is 15.0 Å². The zero-order valence-electron chi connectivity index (χ0n) is 14.1. The third-order valence-electron chi connectivity index (χ3n) is 3.49. The molecule has 0 aliphatic rings. The van der Waals surface area contributed by atoms with E-state index in [4.69, 9.17) is 11.6 Å². The lowest BCUT2D eigenvalue weighted by Gasteiger charge is -2.22. The molecule has 0 aliphatic carbocycles. The minimum Gasteiger partial charge on any atom is -0.465 e. The highest BCUT2D eigenvalue weighted by molar-refractivity contribution is 6.34. The van der Waals surface area contributed by atoms with Crippen LogP contribution in [0.4, 0.5) is 15.8 Å². The maximum absolute atomic E-state index is 13.6. The molecule has 0 unspecified atom stereocenters. The van der Waals surface area contributed by atoms with Crippen LogP contribution in [0.3, 0.4) is 0 Å². The first-order valence-electron chi connectivity index (χ1n) is 7.54. The summed E-state index contributed by atoms with van der Waals surface area (Å²) in [7, 11) is 1.22. The third-order valence-corrected chi connectivity index (χ3v) is 3.81. The van der Waals surface area contributed by atoms with E-state index < -0.39 is 30.1 Å². The number of carbonyl (C=O) groups is 3. The highest BCUT2D eigenvalue weighted by Crippen LogP contribution is 2.27. The summed E-state index contributed by atoms with van der Waals surface area (Å²) in [5.41, 5.74) is 0.342. The number of nitrogens with one attached hydrogen (secondary N) is 1. The molecule has 0 aromatic heterocycles. The fourth-order valence-corrected chi connectivity index (χ4v) is 2.45. The van der Waals surface area contributed by atoms with E-state index in [0.717, 1.165) is 4.90 Å². The summed E-state index contributed by atoms with van der Waals surface area (Å²) in [6.45, 7) is 0.839. The van der Waals surface area contributed by atoms with Crippen LogP contribution in [0.5, 0.6) is 0 Å². The fraction of sp³-hybridized carbons (Fsp3) is 0.167. The second-order valence-electron chi connectivity index (χ2n) is 5.29. The lowest BCUT2D eigenvalue weighted by molar-refractivity contribution is -0.120. The number of benzene rings is 2. The van der Waals surface area contributed by atoms with E-state index in [-0.39, 0.29) is 22.0 Å². The van der Waals surface area contributed by atoms with E-state index in [1.54, 1.807) is 6.07 Å². The number of hydrogen-bond acceptors (Lipinski definition) is 4. The standard InChI is InChI=1S/C18H16ClFN2O4/c1-11(23)22(10-17(24)21-15-6-4-3-5-14(15)20)16-9-12(18(25)26-2)7-8-13(16)19/h3-9H,10H2,1-2H3,(H,21,24). The molecule has 6 nitrogen and oxygen atoms in total. The van der Waals surface area contributed by atoms with Gasteiger partial charge in [-0.25, -0.2) is 9.18 Å². The van der Waals surface area contributed by atoms with Crippen LogP contribution in [-0.2, 0) is 14.3 Å². The Bertz CT molecular complexity index is 857. The molecule has 26 heavy (non-hydrogen) atoms. The van der Waals surface area contributed by atoms with Crippen LogP contribution in [0, 0.1) is 5.82 Å². The number of halogens is 2. The van der Waals surface area contributed by atoms with Gasteiger partial charge in [-0.1, -0.05) is 23.7 Å². The van der Waals surface area contributed by atoms with Gasteiger partial charge in [-0.05, 0) is 30.3 Å². The molecule has 0 bridgehead atoms. The smallest absolute Gasteiger partial charge is 0.337 e. The Morgan fingerprint density at radius 3 is 2.50 bits per heavy atom. The molecule has 0 spiro atoms. The molecule has 0 saturated carbocycles. The largest absolute Gasteiger partial charge is 0.465 e. The van der Waals surface area contributed by atoms with Crippen molar-refractivity contribution in [1.29, 1.82) is 0 Å². The van der Waals surface area contributed by atoms with E-state index in [2.05, 4.69) is 10.1 Å². The van der Waals surface area contributed by atoms with Crippen molar-refractivity contribution in [1.82, 2.24) is 0 Å². The van der Waals surface area contributed by atoms with Gasteiger partial charge in [-0.2, -0.15) is 0 Å². The summed E-state index contributed by atoms with van der Waals surface area (Å²) in [6, 6.07) is 9.88. The van der Waals surface area contributed by atoms with Gasteiger partial charge in [0.05, 0.1) is 29.1 Å². The van der Waals surface area contributed by atoms with Crippen LogP contribution in [0.25, 0.3) is 0 Å². The van der Waals surface area contributed by atoms with Crippen molar-refractivity contribution in [3.63, 3.8) is 0 Å². The molecule has 0 fully saturated rings. The average molecular weight is 379 g/mol. The van der Waals surface area contributed by atoms with Crippen molar-refractivity contribution < 1.29 is 23.5 Å². The Morgan fingerprint density at radius 2 is 1.88 bits per heavy atom. The summed E-state index contributed by atoms with van der Waals surface area (Å²) in [5.74, 6) is -2.30. The van der Waals surface area contributed by atoms with E-state index in [1.165, 1.54) is 50.4 Å².